The molecule has 0 radical (unpaired) electrons. The van der Waals surface area contributed by atoms with Crippen molar-refractivity contribution in [2.75, 3.05) is 26.2 Å². The Labute approximate surface area is 189 Å². The number of aryl methyl sites for hydroxylation is 2. The summed E-state index contributed by atoms with van der Waals surface area (Å²) < 4.78 is 0. The van der Waals surface area contributed by atoms with Crippen LogP contribution in [0.4, 0.5) is 0 Å². The fourth-order valence-electron chi connectivity index (χ4n) is 3.72. The van der Waals surface area contributed by atoms with Crippen molar-refractivity contribution in [3.05, 3.63) is 69.7 Å². The zero-order valence-electron chi connectivity index (χ0n) is 17.3. The third-order valence-electron chi connectivity index (χ3n) is 5.35. The van der Waals surface area contributed by atoms with E-state index in [0.717, 1.165) is 47.4 Å². The minimum absolute atomic E-state index is 0. The van der Waals surface area contributed by atoms with E-state index in [4.69, 9.17) is 16.4 Å². The van der Waals surface area contributed by atoms with Crippen molar-refractivity contribution in [2.45, 2.75) is 26.7 Å². The summed E-state index contributed by atoms with van der Waals surface area (Å²) >= 11 is 6.13. The zero-order valence-corrected chi connectivity index (χ0v) is 18.9. The van der Waals surface area contributed by atoms with E-state index >= 15 is 0 Å². The normalized spacial score (nSPS) is 17.3. The van der Waals surface area contributed by atoms with Crippen molar-refractivity contribution in [3.8, 4) is 0 Å². The number of piperidine rings is 1. The third-order valence-corrected chi connectivity index (χ3v) is 5.59. The van der Waals surface area contributed by atoms with Crippen molar-refractivity contribution in [2.24, 2.45) is 11.1 Å². The van der Waals surface area contributed by atoms with E-state index in [-0.39, 0.29) is 18.3 Å². The second-order valence-electron chi connectivity index (χ2n) is 7.53. The van der Waals surface area contributed by atoms with Gasteiger partial charge in [0.25, 0.3) is 0 Å². The molecule has 0 aliphatic carbocycles. The Morgan fingerprint density at radius 3 is 2.63 bits per heavy atom. The summed E-state index contributed by atoms with van der Waals surface area (Å²) in [5.41, 5.74) is 4.92. The van der Waals surface area contributed by atoms with Crippen LogP contribution >= 0.6 is 24.0 Å². The van der Waals surface area contributed by atoms with Crippen LogP contribution in [0.15, 0.2) is 47.6 Å². The Bertz CT molecular complexity index is 902. The highest BCUT2D eigenvalue weighted by atomic mass is 35.5. The highest BCUT2D eigenvalue weighted by Crippen LogP contribution is 2.21. The number of benzene rings is 2. The molecule has 0 spiro atoms. The Morgan fingerprint density at radius 2 is 1.93 bits per heavy atom. The monoisotopic (exact) mass is 450 g/mol. The molecular weight excluding hydrogens is 423 g/mol. The maximum absolute atomic E-state index is 11.2. The van der Waals surface area contributed by atoms with E-state index in [2.05, 4.69) is 23.0 Å². The van der Waals surface area contributed by atoms with Crippen LogP contribution < -0.4 is 0 Å². The fraction of sp³-hybridized carbons (Fsp3) is 0.391. The summed E-state index contributed by atoms with van der Waals surface area (Å²) in [6.07, 6.45) is 1.65. The minimum atomic E-state index is -0.714. The highest BCUT2D eigenvalue weighted by molar-refractivity contribution is 6.31. The Morgan fingerprint density at radius 1 is 1.20 bits per heavy atom. The molecule has 1 saturated heterocycles. The molecule has 2 aromatic rings. The van der Waals surface area contributed by atoms with E-state index in [1.165, 1.54) is 0 Å². The predicted octanol–water partition coefficient (Wildman–Crippen LogP) is 4.94. The van der Waals surface area contributed by atoms with E-state index in [9.17, 15) is 9.90 Å². The molecule has 1 aliphatic rings. The molecule has 0 amide bonds. The first-order valence-electron chi connectivity index (χ1n) is 9.93. The molecule has 0 bridgehead atoms. The molecule has 1 fully saturated rings. The summed E-state index contributed by atoms with van der Waals surface area (Å²) in [4.78, 5) is 19.1. The summed E-state index contributed by atoms with van der Waals surface area (Å²) in [6, 6.07) is 13.8. The molecule has 0 aromatic heterocycles. The molecule has 162 valence electrons. The number of rotatable bonds is 7. The van der Waals surface area contributed by atoms with Gasteiger partial charge in [0.05, 0.1) is 5.92 Å². The van der Waals surface area contributed by atoms with Gasteiger partial charge in [0.2, 0.25) is 0 Å². The quantitative estimate of drug-likeness (QED) is 0.368. The number of nitrogens with zero attached hydrogens (tertiary/aromatic N) is 2. The lowest BCUT2D eigenvalue weighted by Gasteiger charge is -2.30. The maximum atomic E-state index is 11.2. The number of halogens is 2. The number of likely N-dealkylation sites (tertiary alicyclic amines) is 1. The molecule has 1 unspecified atom stereocenters. The Kier molecular flexibility index (Phi) is 9.15. The van der Waals surface area contributed by atoms with Gasteiger partial charge >= 0.3 is 5.97 Å². The summed E-state index contributed by atoms with van der Waals surface area (Å²) in [5, 5.41) is 14.4. The molecule has 3 rings (SSSR count). The lowest BCUT2D eigenvalue weighted by atomic mass is 9.95. The van der Waals surface area contributed by atoms with E-state index in [0.29, 0.717) is 24.7 Å². The van der Waals surface area contributed by atoms with Gasteiger partial charge in [-0.15, -0.1) is 12.4 Å². The molecule has 1 heterocycles. The van der Waals surface area contributed by atoms with Crippen molar-refractivity contribution in [3.63, 3.8) is 0 Å². The van der Waals surface area contributed by atoms with Crippen LogP contribution in [0.2, 0.25) is 5.02 Å². The first-order chi connectivity index (χ1) is 14.0. The number of carboxylic acid groups (broad SMARTS) is 1. The smallest absolute Gasteiger partial charge is 0.307 e. The third kappa shape index (κ3) is 6.21. The molecule has 0 saturated carbocycles. The molecule has 1 aliphatic heterocycles. The van der Waals surface area contributed by atoms with E-state index in [1.807, 2.05) is 43.3 Å². The van der Waals surface area contributed by atoms with Gasteiger partial charge < -0.3 is 9.94 Å². The molecule has 30 heavy (non-hydrogen) atoms. The fourth-order valence-corrected chi connectivity index (χ4v) is 3.94. The van der Waals surface area contributed by atoms with Crippen LogP contribution in [0, 0.1) is 19.8 Å². The van der Waals surface area contributed by atoms with Crippen molar-refractivity contribution in [1.29, 1.82) is 0 Å². The van der Waals surface area contributed by atoms with Crippen LogP contribution in [0.3, 0.4) is 0 Å². The van der Waals surface area contributed by atoms with Crippen LogP contribution in [0.25, 0.3) is 0 Å². The molecule has 1 N–H and O–H groups in total. The van der Waals surface area contributed by atoms with Gasteiger partial charge in [-0.25, -0.2) is 0 Å². The van der Waals surface area contributed by atoms with Crippen LogP contribution in [0.1, 0.15) is 35.1 Å². The number of hydrogen-bond acceptors (Lipinski definition) is 4. The van der Waals surface area contributed by atoms with Gasteiger partial charge in [0.15, 0.2) is 0 Å². The molecular formula is C23H28Cl2N2O3. The molecule has 7 heteroatoms. The highest BCUT2D eigenvalue weighted by Gasteiger charge is 2.25. The average Bonchev–Trinajstić information content (AvgIpc) is 2.70. The van der Waals surface area contributed by atoms with Crippen molar-refractivity contribution in [1.82, 2.24) is 4.90 Å². The Balaban J connectivity index is 0.00000320. The van der Waals surface area contributed by atoms with Crippen molar-refractivity contribution < 1.29 is 14.7 Å². The topological polar surface area (TPSA) is 62.1 Å². The molecule has 2 aromatic carbocycles. The Hall–Kier alpha value is -2.08. The lowest BCUT2D eigenvalue weighted by Crippen LogP contribution is -2.40. The number of oxime groups is 1. The van der Waals surface area contributed by atoms with Crippen LogP contribution in [-0.4, -0.2) is 47.9 Å². The number of carboxylic acids is 1. The van der Waals surface area contributed by atoms with Crippen LogP contribution in [-0.2, 0) is 9.63 Å². The van der Waals surface area contributed by atoms with Crippen molar-refractivity contribution >= 4 is 35.7 Å². The van der Waals surface area contributed by atoms with Gasteiger partial charge in [-0.05, 0) is 56.5 Å². The van der Waals surface area contributed by atoms with Gasteiger partial charge in [-0.3, -0.25) is 9.69 Å². The standard InChI is InChI=1S/C23H27ClN2O3.ClH/c1-16-6-3-4-8-20(16)22(21-10-9-19(24)14-17(21)2)25-29-13-12-26-11-5-7-18(15-26)23(27)28;/h3-4,6,8-10,14,18H,5,7,11-13,15H2,1-2H3,(H,27,28);1H. The van der Waals surface area contributed by atoms with Gasteiger partial charge in [-0.1, -0.05) is 47.1 Å². The minimum Gasteiger partial charge on any atom is -0.481 e. The van der Waals surface area contributed by atoms with Gasteiger partial charge in [-0.2, -0.15) is 0 Å². The molecule has 5 nitrogen and oxygen atoms in total. The second kappa shape index (κ2) is 11.3. The molecule has 1 atom stereocenters. The number of aliphatic carboxylic acids is 1. The average molecular weight is 451 g/mol. The summed E-state index contributed by atoms with van der Waals surface area (Å²) in [7, 11) is 0. The van der Waals surface area contributed by atoms with E-state index < -0.39 is 5.97 Å². The van der Waals surface area contributed by atoms with Gasteiger partial charge in [0, 0.05) is 29.2 Å². The number of carbonyl (C=O) groups is 1. The SMILES string of the molecule is Cc1ccccc1C(=NOCCN1CCCC(C(=O)O)C1)c1ccc(Cl)cc1C.Cl. The maximum Gasteiger partial charge on any atom is 0.307 e. The second-order valence-corrected chi connectivity index (χ2v) is 7.96. The first-order valence-corrected chi connectivity index (χ1v) is 10.3. The van der Waals surface area contributed by atoms with Gasteiger partial charge in [0.1, 0.15) is 12.3 Å². The van der Waals surface area contributed by atoms with E-state index in [1.54, 1.807) is 0 Å². The van der Waals surface area contributed by atoms with Crippen LogP contribution in [0.5, 0.6) is 0 Å². The summed E-state index contributed by atoms with van der Waals surface area (Å²) in [5.74, 6) is -1.000. The summed E-state index contributed by atoms with van der Waals surface area (Å²) in [6.45, 7) is 6.61. The number of hydrogen-bond donors (Lipinski definition) is 1. The zero-order chi connectivity index (χ0) is 20.8. The predicted molar refractivity (Wildman–Crippen MR) is 123 cm³/mol. The lowest BCUT2D eigenvalue weighted by molar-refractivity contribution is -0.143. The first kappa shape index (κ1) is 24.2. The largest absolute Gasteiger partial charge is 0.481 e.